The number of carboxylic acids is 1. The Morgan fingerprint density at radius 2 is 1.89 bits per heavy atom. The number of carbonyl (C=O) groups excluding carboxylic acids is 1. The van der Waals surface area contributed by atoms with Gasteiger partial charge in [-0.1, -0.05) is 36.4 Å². The fourth-order valence-corrected chi connectivity index (χ4v) is 2.51. The second kappa shape index (κ2) is 7.59. The number of aromatic amines is 1. The summed E-state index contributed by atoms with van der Waals surface area (Å²) in [5, 5.41) is 11.6. The monoisotopic (exact) mass is 393 g/mol. The molecule has 1 heterocycles. The van der Waals surface area contributed by atoms with E-state index in [1.54, 1.807) is 30.3 Å². The van der Waals surface area contributed by atoms with Crippen molar-refractivity contribution in [2.45, 2.75) is 18.8 Å². The number of rotatable bonds is 5. The maximum atomic E-state index is 12.7. The molecule has 28 heavy (non-hydrogen) atoms. The molecule has 0 aliphatic heterocycles. The Morgan fingerprint density at radius 3 is 2.54 bits per heavy atom. The molecule has 10 heteroatoms. The van der Waals surface area contributed by atoms with Crippen LogP contribution in [0.15, 0.2) is 48.5 Å². The highest BCUT2D eigenvalue weighted by molar-refractivity contribution is 5.84. The first-order valence-corrected chi connectivity index (χ1v) is 8.01. The number of nitrogens with zero attached hydrogens (tertiary/aromatic N) is 1. The topological polar surface area (TPSA) is 104 Å². The SMILES string of the molecule is O=C(NC(C(=O)O)c1ccc2[nH]c(C(F)(F)F)nc2c1)OCc1ccccc1. The van der Waals surface area contributed by atoms with Crippen LogP contribution in [0, 0.1) is 0 Å². The van der Waals surface area contributed by atoms with Crippen molar-refractivity contribution >= 4 is 23.1 Å². The summed E-state index contributed by atoms with van der Waals surface area (Å²) in [5.41, 5.74) is 0.779. The number of fused-ring (bicyclic) bond motifs is 1. The van der Waals surface area contributed by atoms with Crippen LogP contribution in [0.3, 0.4) is 0 Å². The van der Waals surface area contributed by atoms with Crippen molar-refractivity contribution in [3.8, 4) is 0 Å². The molecular formula is C18H14F3N3O4. The number of benzene rings is 2. The molecular weight excluding hydrogens is 379 g/mol. The summed E-state index contributed by atoms with van der Waals surface area (Å²) in [5.74, 6) is -2.59. The Kier molecular flexibility index (Phi) is 5.21. The van der Waals surface area contributed by atoms with E-state index in [0.717, 1.165) is 6.07 Å². The van der Waals surface area contributed by atoms with Crippen LogP contribution in [-0.4, -0.2) is 27.1 Å². The summed E-state index contributed by atoms with van der Waals surface area (Å²) in [6, 6.07) is 11.0. The average molecular weight is 393 g/mol. The smallest absolute Gasteiger partial charge is 0.449 e. The Balaban J connectivity index is 1.76. The Morgan fingerprint density at radius 1 is 1.18 bits per heavy atom. The van der Waals surface area contributed by atoms with Gasteiger partial charge in [-0.3, -0.25) is 0 Å². The maximum absolute atomic E-state index is 12.7. The molecule has 0 spiro atoms. The van der Waals surface area contributed by atoms with Gasteiger partial charge in [0.15, 0.2) is 6.04 Å². The number of nitrogens with one attached hydrogen (secondary N) is 2. The molecule has 0 aliphatic carbocycles. The second-order valence-corrected chi connectivity index (χ2v) is 5.84. The van der Waals surface area contributed by atoms with Crippen LogP contribution in [0.4, 0.5) is 18.0 Å². The molecule has 0 bridgehead atoms. The van der Waals surface area contributed by atoms with Gasteiger partial charge in [0.1, 0.15) is 6.61 Å². The molecule has 0 fully saturated rings. The number of carbonyl (C=O) groups is 2. The van der Waals surface area contributed by atoms with Crippen LogP contribution < -0.4 is 5.32 Å². The average Bonchev–Trinajstić information content (AvgIpc) is 3.09. The Hall–Kier alpha value is -3.56. The zero-order valence-electron chi connectivity index (χ0n) is 14.2. The van der Waals surface area contributed by atoms with E-state index in [1.165, 1.54) is 12.1 Å². The predicted molar refractivity (Wildman–Crippen MR) is 91.2 cm³/mol. The van der Waals surface area contributed by atoms with Crippen molar-refractivity contribution in [2.75, 3.05) is 0 Å². The largest absolute Gasteiger partial charge is 0.479 e. The van der Waals surface area contributed by atoms with Gasteiger partial charge in [0.2, 0.25) is 5.82 Å². The molecule has 1 unspecified atom stereocenters. The number of H-pyrrole nitrogens is 1. The van der Waals surface area contributed by atoms with E-state index in [2.05, 4.69) is 15.3 Å². The second-order valence-electron chi connectivity index (χ2n) is 5.84. The van der Waals surface area contributed by atoms with Crippen LogP contribution in [0.1, 0.15) is 23.0 Å². The fourth-order valence-electron chi connectivity index (χ4n) is 2.51. The summed E-state index contributed by atoms with van der Waals surface area (Å²) < 4.78 is 43.2. The van der Waals surface area contributed by atoms with Gasteiger partial charge in [0, 0.05) is 0 Å². The van der Waals surface area contributed by atoms with Crippen LogP contribution in [0.25, 0.3) is 11.0 Å². The van der Waals surface area contributed by atoms with Crippen molar-refractivity contribution in [1.29, 1.82) is 0 Å². The molecule has 0 saturated heterocycles. The third-order valence-electron chi connectivity index (χ3n) is 3.83. The molecule has 1 amide bonds. The Bertz CT molecular complexity index is 1000. The Labute approximate surface area is 156 Å². The first-order chi connectivity index (χ1) is 13.2. The number of hydrogen-bond acceptors (Lipinski definition) is 4. The zero-order chi connectivity index (χ0) is 20.3. The third kappa shape index (κ3) is 4.40. The number of amides is 1. The van der Waals surface area contributed by atoms with Gasteiger partial charge in [-0.15, -0.1) is 0 Å². The van der Waals surface area contributed by atoms with E-state index in [1.807, 2.05) is 0 Å². The predicted octanol–water partition coefficient (Wildman–Crippen LogP) is 3.63. The normalized spacial score (nSPS) is 12.5. The van der Waals surface area contributed by atoms with Crippen LogP contribution in [0.2, 0.25) is 0 Å². The minimum absolute atomic E-state index is 0.0527. The highest BCUT2D eigenvalue weighted by atomic mass is 19.4. The number of imidazole rings is 1. The maximum Gasteiger partial charge on any atom is 0.449 e. The summed E-state index contributed by atoms with van der Waals surface area (Å²) in [6.45, 7) is -0.0631. The highest BCUT2D eigenvalue weighted by Crippen LogP contribution is 2.29. The number of ether oxygens (including phenoxy) is 1. The number of carboxylic acid groups (broad SMARTS) is 1. The molecule has 0 radical (unpaired) electrons. The molecule has 0 aliphatic rings. The molecule has 1 atom stereocenters. The first kappa shape index (κ1) is 19.2. The minimum atomic E-state index is -4.66. The van der Waals surface area contributed by atoms with E-state index < -0.39 is 30.1 Å². The minimum Gasteiger partial charge on any atom is -0.479 e. The lowest BCUT2D eigenvalue weighted by atomic mass is 10.1. The summed E-state index contributed by atoms with van der Waals surface area (Å²) in [4.78, 5) is 29.0. The van der Waals surface area contributed by atoms with Crippen molar-refractivity contribution in [2.24, 2.45) is 0 Å². The number of alkyl carbamates (subject to hydrolysis) is 1. The highest BCUT2D eigenvalue weighted by Gasteiger charge is 2.35. The molecule has 7 nitrogen and oxygen atoms in total. The molecule has 3 rings (SSSR count). The van der Waals surface area contributed by atoms with Gasteiger partial charge in [-0.25, -0.2) is 14.6 Å². The summed E-state index contributed by atoms with van der Waals surface area (Å²) in [7, 11) is 0. The van der Waals surface area contributed by atoms with Gasteiger partial charge in [0.05, 0.1) is 11.0 Å². The van der Waals surface area contributed by atoms with Gasteiger partial charge >= 0.3 is 18.2 Å². The third-order valence-corrected chi connectivity index (χ3v) is 3.83. The number of aromatic nitrogens is 2. The van der Waals surface area contributed by atoms with Crippen molar-refractivity contribution in [3.63, 3.8) is 0 Å². The van der Waals surface area contributed by atoms with Gasteiger partial charge in [-0.05, 0) is 23.3 Å². The van der Waals surface area contributed by atoms with E-state index in [9.17, 15) is 27.9 Å². The molecule has 146 valence electrons. The van der Waals surface area contributed by atoms with Gasteiger partial charge in [-0.2, -0.15) is 13.2 Å². The van der Waals surface area contributed by atoms with Crippen molar-refractivity contribution in [3.05, 3.63) is 65.5 Å². The van der Waals surface area contributed by atoms with Crippen LogP contribution in [-0.2, 0) is 22.3 Å². The molecule has 1 aromatic heterocycles. The molecule has 3 N–H and O–H groups in total. The van der Waals surface area contributed by atoms with E-state index in [4.69, 9.17) is 4.74 Å². The standard InChI is InChI=1S/C18H14F3N3O4/c19-18(20,21)16-22-12-7-6-11(8-13(12)23-16)14(15(25)26)24-17(27)28-9-10-4-2-1-3-5-10/h1-8,14H,9H2,(H,22,23)(H,24,27)(H,25,26). The van der Waals surface area contributed by atoms with Crippen molar-refractivity contribution in [1.82, 2.24) is 15.3 Å². The molecule has 3 aromatic rings. The number of hydrogen-bond donors (Lipinski definition) is 3. The first-order valence-electron chi connectivity index (χ1n) is 8.01. The molecule has 2 aromatic carbocycles. The van der Waals surface area contributed by atoms with Crippen LogP contribution >= 0.6 is 0 Å². The van der Waals surface area contributed by atoms with Gasteiger partial charge in [0.25, 0.3) is 0 Å². The summed E-state index contributed by atoms with van der Waals surface area (Å²) >= 11 is 0. The lowest BCUT2D eigenvalue weighted by Gasteiger charge is -2.15. The number of halogens is 3. The van der Waals surface area contributed by atoms with E-state index in [-0.39, 0.29) is 23.2 Å². The van der Waals surface area contributed by atoms with E-state index >= 15 is 0 Å². The van der Waals surface area contributed by atoms with Gasteiger partial charge < -0.3 is 20.1 Å². The summed E-state index contributed by atoms with van der Waals surface area (Å²) in [6.07, 6.45) is -5.64. The zero-order valence-corrected chi connectivity index (χ0v) is 14.2. The number of alkyl halides is 3. The molecule has 0 saturated carbocycles. The van der Waals surface area contributed by atoms with E-state index in [0.29, 0.717) is 5.56 Å². The number of aliphatic carboxylic acids is 1. The lowest BCUT2D eigenvalue weighted by Crippen LogP contribution is -2.34. The fraction of sp³-hybridized carbons (Fsp3) is 0.167. The van der Waals surface area contributed by atoms with Crippen molar-refractivity contribution < 1.29 is 32.6 Å². The lowest BCUT2D eigenvalue weighted by molar-refractivity contribution is -0.144. The van der Waals surface area contributed by atoms with Crippen LogP contribution in [0.5, 0.6) is 0 Å². The quantitative estimate of drug-likeness (QED) is 0.614.